The Morgan fingerprint density at radius 3 is 2.24 bits per heavy atom. The number of nitrogens with zero attached hydrogens (tertiary/aromatic N) is 3. The monoisotopic (exact) mass is 700 g/mol. The van der Waals surface area contributed by atoms with Gasteiger partial charge in [-0.05, 0) is 50.6 Å². The summed E-state index contributed by atoms with van der Waals surface area (Å²) in [6.07, 6.45) is 3.21. The van der Waals surface area contributed by atoms with Gasteiger partial charge in [0.15, 0.2) is 11.6 Å². The average Bonchev–Trinajstić information content (AvgIpc) is 3.54. The highest BCUT2D eigenvalue weighted by Gasteiger charge is 2.22. The number of carbonyl (C=O) groups is 3. The third-order valence-electron chi connectivity index (χ3n) is 5.90. The van der Waals surface area contributed by atoms with Crippen LogP contribution in [0.2, 0.25) is 0 Å². The van der Waals surface area contributed by atoms with Crippen LogP contribution in [-0.4, -0.2) is 66.3 Å². The van der Waals surface area contributed by atoms with Crippen LogP contribution in [0.1, 0.15) is 67.4 Å². The molecule has 1 aromatic carbocycles. The highest BCUT2D eigenvalue weighted by Crippen LogP contribution is 2.39. The van der Waals surface area contributed by atoms with Gasteiger partial charge < -0.3 is 29.2 Å². The van der Waals surface area contributed by atoms with E-state index in [4.69, 9.17) is 19.0 Å². The first-order valence-electron chi connectivity index (χ1n) is 16.0. The predicted molar refractivity (Wildman–Crippen MR) is 193 cm³/mol. The van der Waals surface area contributed by atoms with Gasteiger partial charge in [0.25, 0.3) is 6.47 Å². The van der Waals surface area contributed by atoms with Crippen LogP contribution < -0.4 is 10.1 Å². The minimum absolute atomic E-state index is 0.0347. The van der Waals surface area contributed by atoms with E-state index < -0.39 is 17.5 Å². The molecule has 13 heteroatoms. The quantitative estimate of drug-likeness (QED) is 0.153. The van der Waals surface area contributed by atoms with Gasteiger partial charge in [-0.2, -0.15) is 0 Å². The van der Waals surface area contributed by atoms with Crippen molar-refractivity contribution in [2.24, 2.45) is 0 Å². The molecule has 0 saturated carbocycles. The van der Waals surface area contributed by atoms with Crippen LogP contribution >= 0.6 is 11.3 Å². The zero-order valence-corrected chi connectivity index (χ0v) is 30.9. The summed E-state index contributed by atoms with van der Waals surface area (Å²) in [5, 5.41) is 2.63. The number of amides is 2. The lowest BCUT2D eigenvalue weighted by atomic mass is 10.2. The van der Waals surface area contributed by atoms with Gasteiger partial charge in [0.2, 0.25) is 5.91 Å². The van der Waals surface area contributed by atoms with E-state index in [0.29, 0.717) is 49.5 Å². The topological polar surface area (TPSA) is 129 Å². The number of aromatic nitrogens is 2. The zero-order chi connectivity index (χ0) is 37.0. The molecule has 0 saturated heterocycles. The second-order valence-corrected chi connectivity index (χ2v) is 11.6. The van der Waals surface area contributed by atoms with Crippen molar-refractivity contribution in [1.82, 2.24) is 14.9 Å². The summed E-state index contributed by atoms with van der Waals surface area (Å²) in [6, 6.07) is 11.7. The van der Waals surface area contributed by atoms with E-state index in [-0.39, 0.29) is 11.7 Å². The fourth-order valence-corrected chi connectivity index (χ4v) is 4.84. The lowest BCUT2D eigenvalue weighted by Gasteiger charge is -2.27. The van der Waals surface area contributed by atoms with Crippen LogP contribution in [0.5, 0.6) is 11.5 Å². The molecule has 0 aliphatic heterocycles. The van der Waals surface area contributed by atoms with Crippen LogP contribution in [-0.2, 0) is 30.3 Å². The third kappa shape index (κ3) is 14.2. The number of hydrogen-bond donors (Lipinski definition) is 1. The van der Waals surface area contributed by atoms with Crippen molar-refractivity contribution in [2.75, 3.05) is 32.7 Å². The second kappa shape index (κ2) is 22.1. The molecule has 3 heterocycles. The Labute approximate surface area is 292 Å². The number of nitrogens with one attached hydrogen (secondary N) is 1. The first-order chi connectivity index (χ1) is 23.5. The normalized spacial score (nSPS) is 10.2. The minimum atomic E-state index is -0.607. The van der Waals surface area contributed by atoms with Gasteiger partial charge in [0.1, 0.15) is 11.4 Å². The van der Waals surface area contributed by atoms with Crippen LogP contribution in [0.3, 0.4) is 0 Å². The molecule has 49 heavy (non-hydrogen) atoms. The molecule has 0 radical (unpaired) electrons. The first kappa shape index (κ1) is 42.4. The smallest absolute Gasteiger partial charge is 0.410 e. The molecule has 0 aliphatic carbocycles. The number of ether oxygens (including phenoxy) is 4. The van der Waals surface area contributed by atoms with Crippen LogP contribution in [0.15, 0.2) is 54.9 Å². The molecule has 2 amide bonds. The SMILES string of the molecule is CC.CC.CCC(=O)Nc1ccc(Oc2ccnc3cc(-c4ccc(CN(CCOC)C(=O)OC(C)(C)C)cn4)sc23)c(F)c1.COC=O. The summed E-state index contributed by atoms with van der Waals surface area (Å²) in [7, 11) is 2.90. The molecule has 11 nitrogen and oxygen atoms in total. The van der Waals surface area contributed by atoms with Crippen LogP contribution in [0.4, 0.5) is 14.9 Å². The summed E-state index contributed by atoms with van der Waals surface area (Å²) >= 11 is 1.43. The van der Waals surface area contributed by atoms with Crippen molar-refractivity contribution >= 4 is 45.7 Å². The fraction of sp³-hybridized carbons (Fsp3) is 0.417. The summed E-state index contributed by atoms with van der Waals surface area (Å²) in [5.41, 5.74) is 2.02. The Morgan fingerprint density at radius 1 is 1.00 bits per heavy atom. The van der Waals surface area contributed by atoms with E-state index in [0.717, 1.165) is 20.8 Å². The van der Waals surface area contributed by atoms with Crippen molar-refractivity contribution < 1.29 is 37.7 Å². The molecule has 0 unspecified atom stereocenters. The minimum Gasteiger partial charge on any atom is -0.471 e. The van der Waals surface area contributed by atoms with Gasteiger partial charge in [0.05, 0.1) is 41.0 Å². The van der Waals surface area contributed by atoms with Gasteiger partial charge in [-0.25, -0.2) is 9.18 Å². The number of carbonyl (C=O) groups excluding carboxylic acids is 3. The van der Waals surface area contributed by atoms with E-state index in [9.17, 15) is 14.0 Å². The van der Waals surface area contributed by atoms with Gasteiger partial charge >= 0.3 is 6.09 Å². The highest BCUT2D eigenvalue weighted by molar-refractivity contribution is 7.22. The highest BCUT2D eigenvalue weighted by atomic mass is 32.1. The largest absolute Gasteiger partial charge is 0.471 e. The number of rotatable bonds is 11. The van der Waals surface area contributed by atoms with E-state index in [1.807, 2.05) is 66.7 Å². The molecule has 0 atom stereocenters. The van der Waals surface area contributed by atoms with Gasteiger partial charge in [-0.15, -0.1) is 11.3 Å². The fourth-order valence-electron chi connectivity index (χ4n) is 3.80. The number of anilines is 1. The number of thiophene rings is 1. The Balaban J connectivity index is 0.00000137. The van der Waals surface area contributed by atoms with Gasteiger partial charge in [0, 0.05) is 50.3 Å². The molecule has 4 aromatic rings. The van der Waals surface area contributed by atoms with E-state index >= 15 is 0 Å². The van der Waals surface area contributed by atoms with E-state index in [1.54, 1.807) is 43.5 Å². The van der Waals surface area contributed by atoms with Crippen LogP contribution in [0.25, 0.3) is 20.8 Å². The van der Waals surface area contributed by atoms with Crippen molar-refractivity contribution in [3.8, 4) is 22.1 Å². The lowest BCUT2D eigenvalue weighted by Crippen LogP contribution is -2.38. The molecule has 268 valence electrons. The molecule has 0 bridgehead atoms. The van der Waals surface area contributed by atoms with Gasteiger partial charge in [-0.1, -0.05) is 40.7 Å². The van der Waals surface area contributed by atoms with Crippen molar-refractivity contribution in [1.29, 1.82) is 0 Å². The predicted octanol–water partition coefficient (Wildman–Crippen LogP) is 8.86. The number of methoxy groups -OCH3 is 2. The average molecular weight is 701 g/mol. The molecule has 4 rings (SSSR count). The number of pyridine rings is 2. The van der Waals surface area contributed by atoms with Crippen molar-refractivity contribution in [2.45, 2.75) is 74.0 Å². The molecule has 0 aliphatic rings. The van der Waals surface area contributed by atoms with Crippen molar-refractivity contribution in [3.05, 3.63) is 66.2 Å². The Bertz CT molecular complexity index is 1590. The Kier molecular flexibility index (Phi) is 19.1. The second-order valence-electron chi connectivity index (χ2n) is 10.6. The van der Waals surface area contributed by atoms with Crippen LogP contribution in [0, 0.1) is 5.82 Å². The number of benzene rings is 1. The van der Waals surface area contributed by atoms with Crippen molar-refractivity contribution in [3.63, 3.8) is 0 Å². The molecule has 3 aromatic heterocycles. The molecular weight excluding hydrogens is 651 g/mol. The maximum absolute atomic E-state index is 14.8. The summed E-state index contributed by atoms with van der Waals surface area (Å²) in [5.74, 6) is -0.303. The maximum Gasteiger partial charge on any atom is 0.410 e. The number of halogens is 1. The number of fused-ring (bicyclic) bond motifs is 1. The van der Waals surface area contributed by atoms with E-state index in [2.05, 4.69) is 20.0 Å². The molecule has 0 fully saturated rings. The molecule has 0 spiro atoms. The molecular formula is C36H49FN4O7S. The molecule has 1 N–H and O–H groups in total. The van der Waals surface area contributed by atoms with E-state index in [1.165, 1.54) is 30.6 Å². The Hall–Kier alpha value is -4.62. The summed E-state index contributed by atoms with van der Waals surface area (Å²) in [4.78, 5) is 44.7. The number of hydrogen-bond acceptors (Lipinski definition) is 10. The maximum atomic E-state index is 14.8. The lowest BCUT2D eigenvalue weighted by molar-refractivity contribution is -0.126. The summed E-state index contributed by atoms with van der Waals surface area (Å²) in [6.45, 7) is 16.7. The zero-order valence-electron chi connectivity index (χ0n) is 30.1. The first-order valence-corrected chi connectivity index (χ1v) is 16.8. The standard InChI is InChI=1S/C30H33FN4O5S.C2H4O2.2C2H6/c1-6-27(36)34-20-8-10-24(21(31)15-20)39-25-11-12-32-23-16-26(41-28(23)25)22-9-7-19(17-33-22)18-35(13-14-38-5)29(37)40-30(2,3)4;1-4-2-3;2*1-2/h7-12,15-17H,6,13-14,18H2,1-5H3,(H,34,36);2H,1H3;2*1-2H3. The van der Waals surface area contributed by atoms with Gasteiger partial charge in [-0.3, -0.25) is 19.6 Å². The summed E-state index contributed by atoms with van der Waals surface area (Å²) < 4.78 is 36.0. The Morgan fingerprint density at radius 2 is 1.69 bits per heavy atom. The third-order valence-corrected chi connectivity index (χ3v) is 7.06.